The first-order valence-electron chi connectivity index (χ1n) is 6.50. The summed E-state index contributed by atoms with van der Waals surface area (Å²) in [7, 11) is 0. The van der Waals surface area contributed by atoms with Crippen LogP contribution in [0.3, 0.4) is 0 Å². The zero-order valence-electron chi connectivity index (χ0n) is 11.6. The number of hydrogen-bond donors (Lipinski definition) is 1. The van der Waals surface area contributed by atoms with Crippen LogP contribution in [0, 0.1) is 17.7 Å². The van der Waals surface area contributed by atoms with Gasteiger partial charge in [-0.25, -0.2) is 4.39 Å². The molecule has 0 aromatic heterocycles. The second-order valence-electron chi connectivity index (χ2n) is 5.40. The summed E-state index contributed by atoms with van der Waals surface area (Å²) >= 11 is 0. The van der Waals surface area contributed by atoms with Crippen molar-refractivity contribution in [1.82, 2.24) is 0 Å². The Morgan fingerprint density at radius 1 is 1.22 bits per heavy atom. The van der Waals surface area contributed by atoms with Crippen LogP contribution in [0.2, 0.25) is 0 Å². The van der Waals surface area contributed by atoms with Gasteiger partial charge < -0.3 is 9.84 Å². The lowest BCUT2D eigenvalue weighted by Gasteiger charge is -2.18. The number of ether oxygens (including phenoxy) is 1. The zero-order valence-corrected chi connectivity index (χ0v) is 11.6. The first kappa shape index (κ1) is 15.0. The van der Waals surface area contributed by atoms with Crippen LogP contribution >= 0.6 is 0 Å². The van der Waals surface area contributed by atoms with Crippen molar-refractivity contribution in [3.63, 3.8) is 0 Å². The molecule has 0 spiro atoms. The molecule has 0 amide bonds. The van der Waals surface area contributed by atoms with Crippen molar-refractivity contribution < 1.29 is 14.2 Å². The Balaban J connectivity index is 2.67. The fourth-order valence-corrected chi connectivity index (χ4v) is 2.08. The molecule has 0 saturated heterocycles. The van der Waals surface area contributed by atoms with Crippen LogP contribution < -0.4 is 4.74 Å². The molecule has 0 aliphatic rings. The highest BCUT2D eigenvalue weighted by Crippen LogP contribution is 2.26. The maximum absolute atomic E-state index is 13.1. The summed E-state index contributed by atoms with van der Waals surface area (Å²) in [5, 5.41) is 9.59. The molecule has 18 heavy (non-hydrogen) atoms. The molecule has 1 aromatic carbocycles. The van der Waals surface area contributed by atoms with Crippen LogP contribution in [-0.4, -0.2) is 11.7 Å². The normalized spacial score (nSPS) is 14.6. The van der Waals surface area contributed by atoms with E-state index >= 15 is 0 Å². The molecule has 0 saturated carbocycles. The minimum Gasteiger partial charge on any atom is -0.493 e. The Morgan fingerprint density at radius 3 is 2.44 bits per heavy atom. The lowest BCUT2D eigenvalue weighted by Crippen LogP contribution is -2.12. The van der Waals surface area contributed by atoms with Gasteiger partial charge in [0.1, 0.15) is 11.6 Å². The Kier molecular flexibility index (Phi) is 5.60. The average Bonchev–Trinajstić information content (AvgIpc) is 2.26. The third kappa shape index (κ3) is 4.65. The molecular formula is C15H23FO2. The quantitative estimate of drug-likeness (QED) is 0.833. The maximum Gasteiger partial charge on any atom is 0.125 e. The van der Waals surface area contributed by atoms with Crippen LogP contribution in [0.4, 0.5) is 4.39 Å². The molecule has 0 aliphatic heterocycles. The van der Waals surface area contributed by atoms with Crippen molar-refractivity contribution in [2.45, 2.75) is 40.2 Å². The molecule has 0 bridgehead atoms. The fourth-order valence-electron chi connectivity index (χ4n) is 2.08. The van der Waals surface area contributed by atoms with Crippen molar-refractivity contribution in [3.8, 4) is 5.75 Å². The van der Waals surface area contributed by atoms with Gasteiger partial charge >= 0.3 is 0 Å². The van der Waals surface area contributed by atoms with Crippen LogP contribution in [0.1, 0.15) is 45.8 Å². The topological polar surface area (TPSA) is 29.5 Å². The Labute approximate surface area is 109 Å². The molecule has 2 atom stereocenters. The predicted octanol–water partition coefficient (Wildman–Crippen LogP) is 3.94. The highest BCUT2D eigenvalue weighted by Gasteiger charge is 2.12. The van der Waals surface area contributed by atoms with Crippen LogP contribution in [0.15, 0.2) is 18.2 Å². The van der Waals surface area contributed by atoms with E-state index in [-0.39, 0.29) is 5.82 Å². The van der Waals surface area contributed by atoms with Crippen molar-refractivity contribution in [1.29, 1.82) is 0 Å². The van der Waals surface area contributed by atoms with E-state index in [1.165, 1.54) is 12.1 Å². The van der Waals surface area contributed by atoms with Crippen molar-refractivity contribution >= 4 is 0 Å². The summed E-state index contributed by atoms with van der Waals surface area (Å²) in [6.07, 6.45) is 0.363. The van der Waals surface area contributed by atoms with Crippen molar-refractivity contribution in [2.24, 2.45) is 11.8 Å². The number of rotatable bonds is 6. The van der Waals surface area contributed by atoms with Gasteiger partial charge in [-0.1, -0.05) is 20.8 Å². The molecule has 2 nitrogen and oxygen atoms in total. The SMILES string of the molecule is CC(C)CC(C)COc1ccc(F)cc1C(C)O. The maximum atomic E-state index is 13.1. The number of hydrogen-bond acceptors (Lipinski definition) is 2. The first-order chi connectivity index (χ1) is 8.40. The van der Waals surface area contributed by atoms with Gasteiger partial charge in [0.05, 0.1) is 12.7 Å². The summed E-state index contributed by atoms with van der Waals surface area (Å²) in [5.41, 5.74) is 0.506. The van der Waals surface area contributed by atoms with Crippen LogP contribution in [-0.2, 0) is 0 Å². The lowest BCUT2D eigenvalue weighted by atomic mass is 10.00. The molecule has 0 fully saturated rings. The van der Waals surface area contributed by atoms with Gasteiger partial charge in [0.15, 0.2) is 0 Å². The third-order valence-corrected chi connectivity index (χ3v) is 2.82. The highest BCUT2D eigenvalue weighted by molar-refractivity contribution is 5.35. The third-order valence-electron chi connectivity index (χ3n) is 2.82. The zero-order chi connectivity index (χ0) is 13.7. The predicted molar refractivity (Wildman–Crippen MR) is 71.1 cm³/mol. The number of halogens is 1. The van der Waals surface area contributed by atoms with E-state index in [1.807, 2.05) is 0 Å². The standard InChI is InChI=1S/C15H23FO2/c1-10(2)7-11(3)9-18-15-6-5-13(16)8-14(15)12(4)17/h5-6,8,10-12,17H,7,9H2,1-4H3. The average molecular weight is 254 g/mol. The fraction of sp³-hybridized carbons (Fsp3) is 0.600. The van der Waals surface area contributed by atoms with Gasteiger partial charge in [0.25, 0.3) is 0 Å². The minimum absolute atomic E-state index is 0.353. The molecular weight excluding hydrogens is 231 g/mol. The van der Waals surface area contributed by atoms with E-state index in [1.54, 1.807) is 13.0 Å². The van der Waals surface area contributed by atoms with Crippen LogP contribution in [0.5, 0.6) is 5.75 Å². The van der Waals surface area contributed by atoms with Gasteiger partial charge in [-0.2, -0.15) is 0 Å². The summed E-state index contributed by atoms with van der Waals surface area (Å²) < 4.78 is 18.8. The molecule has 1 aromatic rings. The van der Waals surface area contributed by atoms with Crippen molar-refractivity contribution in [3.05, 3.63) is 29.6 Å². The first-order valence-corrected chi connectivity index (χ1v) is 6.50. The minimum atomic E-state index is -0.726. The number of aliphatic hydroxyl groups is 1. The second-order valence-corrected chi connectivity index (χ2v) is 5.40. The monoisotopic (exact) mass is 254 g/mol. The molecule has 0 aliphatic carbocycles. The second kappa shape index (κ2) is 6.74. The molecule has 0 heterocycles. The Hall–Kier alpha value is -1.09. The van der Waals surface area contributed by atoms with Gasteiger partial charge in [0, 0.05) is 5.56 Å². The molecule has 0 radical (unpaired) electrons. The van der Waals surface area contributed by atoms with Gasteiger partial charge in [-0.05, 0) is 43.4 Å². The Bertz CT molecular complexity index is 375. The molecule has 1 rings (SSSR count). The molecule has 3 heteroatoms. The highest BCUT2D eigenvalue weighted by atomic mass is 19.1. The molecule has 102 valence electrons. The van der Waals surface area contributed by atoms with Crippen molar-refractivity contribution in [2.75, 3.05) is 6.61 Å². The van der Waals surface area contributed by atoms with E-state index in [9.17, 15) is 9.50 Å². The summed E-state index contributed by atoms with van der Waals surface area (Å²) in [6, 6.07) is 4.26. The lowest BCUT2D eigenvalue weighted by molar-refractivity contribution is 0.184. The summed E-state index contributed by atoms with van der Waals surface area (Å²) in [6.45, 7) is 8.68. The molecule has 2 unspecified atom stereocenters. The van der Waals surface area contributed by atoms with Gasteiger partial charge in [-0.15, -0.1) is 0 Å². The smallest absolute Gasteiger partial charge is 0.125 e. The van der Waals surface area contributed by atoms with E-state index in [0.717, 1.165) is 6.42 Å². The number of aliphatic hydroxyl groups excluding tert-OH is 1. The Morgan fingerprint density at radius 2 is 1.89 bits per heavy atom. The van der Waals surface area contributed by atoms with E-state index in [0.29, 0.717) is 29.8 Å². The summed E-state index contributed by atoms with van der Waals surface area (Å²) in [4.78, 5) is 0. The van der Waals surface area contributed by atoms with Gasteiger partial charge in [0.2, 0.25) is 0 Å². The van der Waals surface area contributed by atoms with E-state index < -0.39 is 6.10 Å². The van der Waals surface area contributed by atoms with Gasteiger partial charge in [-0.3, -0.25) is 0 Å². The van der Waals surface area contributed by atoms with Crippen LogP contribution in [0.25, 0.3) is 0 Å². The largest absolute Gasteiger partial charge is 0.493 e. The van der Waals surface area contributed by atoms with E-state index in [4.69, 9.17) is 4.74 Å². The summed E-state index contributed by atoms with van der Waals surface area (Å²) in [5.74, 6) is 1.29. The molecule has 1 N–H and O–H groups in total. The van der Waals surface area contributed by atoms with E-state index in [2.05, 4.69) is 20.8 Å². The number of benzene rings is 1.